The fourth-order valence-electron chi connectivity index (χ4n) is 2.16. The van der Waals surface area contributed by atoms with E-state index >= 15 is 0 Å². The lowest BCUT2D eigenvalue weighted by Gasteiger charge is -2.19. The van der Waals surface area contributed by atoms with Crippen LogP contribution in [0.2, 0.25) is 0 Å². The molecule has 3 heteroatoms. The molecule has 0 radical (unpaired) electrons. The molecule has 1 saturated heterocycles. The lowest BCUT2D eigenvalue weighted by atomic mass is 10.1. The summed E-state index contributed by atoms with van der Waals surface area (Å²) in [5.74, 6) is 0. The Bertz CT molecular complexity index is 158. The summed E-state index contributed by atoms with van der Waals surface area (Å²) in [6.07, 6.45) is 6.43. The molecule has 96 valence electrons. The Balaban J connectivity index is 2.10. The summed E-state index contributed by atoms with van der Waals surface area (Å²) in [4.78, 5) is 0. The first-order valence-corrected chi connectivity index (χ1v) is 6.79. The minimum atomic E-state index is 0.501. The number of hydrogen-bond acceptors (Lipinski definition) is 3. The van der Waals surface area contributed by atoms with Gasteiger partial charge in [0.15, 0.2) is 0 Å². The maximum Gasteiger partial charge on any atom is 0.0619 e. The van der Waals surface area contributed by atoms with Crippen molar-refractivity contribution in [1.29, 1.82) is 0 Å². The van der Waals surface area contributed by atoms with Crippen LogP contribution in [0.3, 0.4) is 0 Å². The van der Waals surface area contributed by atoms with Crippen LogP contribution in [-0.2, 0) is 9.47 Å². The van der Waals surface area contributed by atoms with E-state index in [1.807, 2.05) is 0 Å². The maximum atomic E-state index is 5.64. The lowest BCUT2D eigenvalue weighted by Crippen LogP contribution is -2.34. The molecule has 0 aromatic rings. The molecule has 1 heterocycles. The Morgan fingerprint density at radius 3 is 2.94 bits per heavy atom. The molecule has 0 saturated carbocycles. The molecule has 1 aliphatic heterocycles. The summed E-state index contributed by atoms with van der Waals surface area (Å²) in [5, 5.41) is 3.48. The standard InChI is InChI=1S/C13H27NO2/c1-3-9-15-11-12(14-4-2)7-8-13-6-5-10-16-13/h12-14H,3-11H2,1-2H3. The Morgan fingerprint density at radius 1 is 1.44 bits per heavy atom. The van der Waals surface area contributed by atoms with Crippen LogP contribution in [0.1, 0.15) is 46.0 Å². The second kappa shape index (κ2) is 8.97. The van der Waals surface area contributed by atoms with E-state index in [1.54, 1.807) is 0 Å². The summed E-state index contributed by atoms with van der Waals surface area (Å²) in [6, 6.07) is 0.501. The van der Waals surface area contributed by atoms with Crippen LogP contribution in [0.5, 0.6) is 0 Å². The molecule has 1 aliphatic rings. The third-order valence-corrected chi connectivity index (χ3v) is 3.02. The van der Waals surface area contributed by atoms with Gasteiger partial charge in [-0.1, -0.05) is 13.8 Å². The van der Waals surface area contributed by atoms with Crippen molar-refractivity contribution >= 4 is 0 Å². The van der Waals surface area contributed by atoms with Gasteiger partial charge in [0.25, 0.3) is 0 Å². The van der Waals surface area contributed by atoms with Gasteiger partial charge in [-0.05, 0) is 38.6 Å². The molecule has 0 aliphatic carbocycles. The zero-order chi connectivity index (χ0) is 11.6. The summed E-state index contributed by atoms with van der Waals surface area (Å²) in [5.41, 5.74) is 0. The number of ether oxygens (including phenoxy) is 2. The zero-order valence-corrected chi connectivity index (χ0v) is 10.8. The largest absolute Gasteiger partial charge is 0.380 e. The first kappa shape index (κ1) is 13.9. The van der Waals surface area contributed by atoms with E-state index in [0.29, 0.717) is 12.1 Å². The molecular formula is C13H27NO2. The van der Waals surface area contributed by atoms with E-state index in [-0.39, 0.29) is 0 Å². The van der Waals surface area contributed by atoms with Crippen LogP contribution in [0, 0.1) is 0 Å². The quantitative estimate of drug-likeness (QED) is 0.616. The van der Waals surface area contributed by atoms with E-state index in [4.69, 9.17) is 9.47 Å². The van der Waals surface area contributed by atoms with E-state index in [9.17, 15) is 0 Å². The highest BCUT2D eigenvalue weighted by atomic mass is 16.5. The topological polar surface area (TPSA) is 30.5 Å². The highest BCUT2D eigenvalue weighted by Gasteiger charge is 2.17. The van der Waals surface area contributed by atoms with Gasteiger partial charge in [-0.3, -0.25) is 0 Å². The molecular weight excluding hydrogens is 202 g/mol. The summed E-state index contributed by atoms with van der Waals surface area (Å²) in [6.45, 7) is 8.00. The third kappa shape index (κ3) is 5.83. The Labute approximate surface area is 99.9 Å². The first-order valence-electron chi connectivity index (χ1n) is 6.79. The van der Waals surface area contributed by atoms with Crippen molar-refractivity contribution < 1.29 is 9.47 Å². The lowest BCUT2D eigenvalue weighted by molar-refractivity contribution is 0.0826. The molecule has 1 N–H and O–H groups in total. The van der Waals surface area contributed by atoms with Crippen molar-refractivity contribution in [2.75, 3.05) is 26.4 Å². The predicted octanol–water partition coefficient (Wildman–Crippen LogP) is 2.35. The molecule has 0 bridgehead atoms. The Morgan fingerprint density at radius 2 is 2.31 bits per heavy atom. The SMILES string of the molecule is CCCOCC(CCC1CCCO1)NCC. The van der Waals surface area contributed by atoms with Gasteiger partial charge < -0.3 is 14.8 Å². The number of rotatable bonds is 9. The van der Waals surface area contributed by atoms with Crippen LogP contribution in [-0.4, -0.2) is 38.5 Å². The van der Waals surface area contributed by atoms with Crippen molar-refractivity contribution in [1.82, 2.24) is 5.32 Å². The van der Waals surface area contributed by atoms with Gasteiger partial charge in [-0.2, -0.15) is 0 Å². The highest BCUT2D eigenvalue weighted by molar-refractivity contribution is 4.71. The van der Waals surface area contributed by atoms with Gasteiger partial charge in [-0.15, -0.1) is 0 Å². The van der Waals surface area contributed by atoms with Crippen LogP contribution in [0.15, 0.2) is 0 Å². The Hall–Kier alpha value is -0.120. The zero-order valence-electron chi connectivity index (χ0n) is 10.8. The average Bonchev–Trinajstić information content (AvgIpc) is 2.79. The molecule has 0 aromatic heterocycles. The van der Waals surface area contributed by atoms with E-state index < -0.39 is 0 Å². The van der Waals surface area contributed by atoms with E-state index in [2.05, 4.69) is 19.2 Å². The maximum absolute atomic E-state index is 5.64. The van der Waals surface area contributed by atoms with E-state index in [0.717, 1.165) is 32.8 Å². The third-order valence-electron chi connectivity index (χ3n) is 3.02. The van der Waals surface area contributed by atoms with Gasteiger partial charge in [0, 0.05) is 19.3 Å². The molecule has 0 aromatic carbocycles. The predicted molar refractivity (Wildman–Crippen MR) is 66.8 cm³/mol. The second-order valence-electron chi connectivity index (χ2n) is 4.54. The molecule has 1 rings (SSSR count). The summed E-state index contributed by atoms with van der Waals surface area (Å²) >= 11 is 0. The minimum Gasteiger partial charge on any atom is -0.380 e. The van der Waals surface area contributed by atoms with Gasteiger partial charge in [0.2, 0.25) is 0 Å². The fourth-order valence-corrected chi connectivity index (χ4v) is 2.16. The monoisotopic (exact) mass is 229 g/mol. The molecule has 3 nitrogen and oxygen atoms in total. The molecule has 2 atom stereocenters. The summed E-state index contributed by atoms with van der Waals surface area (Å²) in [7, 11) is 0. The minimum absolute atomic E-state index is 0.501. The fraction of sp³-hybridized carbons (Fsp3) is 1.00. The Kier molecular flexibility index (Phi) is 7.81. The van der Waals surface area contributed by atoms with Crippen LogP contribution in [0.4, 0.5) is 0 Å². The van der Waals surface area contributed by atoms with Crippen LogP contribution >= 0.6 is 0 Å². The average molecular weight is 229 g/mol. The number of likely N-dealkylation sites (N-methyl/N-ethyl adjacent to an activating group) is 1. The second-order valence-corrected chi connectivity index (χ2v) is 4.54. The van der Waals surface area contributed by atoms with Gasteiger partial charge in [-0.25, -0.2) is 0 Å². The number of hydrogen-bond donors (Lipinski definition) is 1. The smallest absolute Gasteiger partial charge is 0.0619 e. The van der Waals surface area contributed by atoms with Crippen molar-refractivity contribution in [2.24, 2.45) is 0 Å². The molecule has 2 unspecified atom stereocenters. The van der Waals surface area contributed by atoms with Crippen LogP contribution < -0.4 is 5.32 Å². The summed E-state index contributed by atoms with van der Waals surface area (Å²) < 4.78 is 11.2. The van der Waals surface area contributed by atoms with Crippen molar-refractivity contribution in [3.05, 3.63) is 0 Å². The van der Waals surface area contributed by atoms with Gasteiger partial charge in [0.05, 0.1) is 12.7 Å². The molecule has 0 spiro atoms. The van der Waals surface area contributed by atoms with Crippen molar-refractivity contribution in [3.63, 3.8) is 0 Å². The highest BCUT2D eigenvalue weighted by Crippen LogP contribution is 2.17. The normalized spacial score (nSPS) is 22.5. The molecule has 16 heavy (non-hydrogen) atoms. The molecule has 1 fully saturated rings. The molecule has 0 amide bonds. The van der Waals surface area contributed by atoms with Gasteiger partial charge >= 0.3 is 0 Å². The van der Waals surface area contributed by atoms with E-state index in [1.165, 1.54) is 25.7 Å². The first-order chi connectivity index (χ1) is 7.86. The van der Waals surface area contributed by atoms with Crippen molar-refractivity contribution in [3.8, 4) is 0 Å². The number of nitrogens with one attached hydrogen (secondary N) is 1. The van der Waals surface area contributed by atoms with Crippen molar-refractivity contribution in [2.45, 2.75) is 58.1 Å². The van der Waals surface area contributed by atoms with Gasteiger partial charge in [0.1, 0.15) is 0 Å². The van der Waals surface area contributed by atoms with Crippen LogP contribution in [0.25, 0.3) is 0 Å².